The molecule has 0 radical (unpaired) electrons. The molecule has 64 valence electrons. The summed E-state index contributed by atoms with van der Waals surface area (Å²) in [6, 6.07) is 0.630. The number of rotatable bonds is 1. The maximum Gasteiger partial charge on any atom is 0.404 e. The van der Waals surface area contributed by atoms with Crippen LogP contribution in [0.4, 0.5) is 4.79 Å². The SMILES string of the molecule is C[C@H]1CC[C@@H](NC(=O)O)CN1. The van der Waals surface area contributed by atoms with Crippen molar-refractivity contribution in [2.75, 3.05) is 6.54 Å². The number of amides is 1. The Kier molecular flexibility index (Phi) is 2.70. The molecule has 0 saturated carbocycles. The van der Waals surface area contributed by atoms with Gasteiger partial charge in [-0.15, -0.1) is 0 Å². The number of hydrogen-bond acceptors (Lipinski definition) is 2. The highest BCUT2D eigenvalue weighted by Gasteiger charge is 2.18. The Morgan fingerprint density at radius 3 is 2.82 bits per heavy atom. The summed E-state index contributed by atoms with van der Waals surface area (Å²) in [7, 11) is 0. The minimum Gasteiger partial charge on any atom is -0.465 e. The van der Waals surface area contributed by atoms with Crippen LogP contribution in [0, 0.1) is 0 Å². The fourth-order valence-corrected chi connectivity index (χ4v) is 1.30. The summed E-state index contributed by atoms with van der Waals surface area (Å²) in [5, 5.41) is 14.1. The summed E-state index contributed by atoms with van der Waals surface area (Å²) in [4.78, 5) is 10.2. The molecule has 4 nitrogen and oxygen atoms in total. The quantitative estimate of drug-likeness (QED) is 0.517. The molecule has 1 saturated heterocycles. The molecule has 0 aromatic heterocycles. The van der Waals surface area contributed by atoms with Gasteiger partial charge in [-0.25, -0.2) is 4.79 Å². The van der Waals surface area contributed by atoms with Crippen LogP contribution in [0.2, 0.25) is 0 Å². The van der Waals surface area contributed by atoms with Crippen molar-refractivity contribution in [1.29, 1.82) is 0 Å². The second kappa shape index (κ2) is 3.57. The van der Waals surface area contributed by atoms with E-state index in [1.807, 2.05) is 0 Å². The molecule has 3 N–H and O–H groups in total. The number of piperidine rings is 1. The molecule has 1 aliphatic rings. The lowest BCUT2D eigenvalue weighted by Gasteiger charge is -2.27. The van der Waals surface area contributed by atoms with Gasteiger partial charge in [0.2, 0.25) is 0 Å². The van der Waals surface area contributed by atoms with Crippen LogP contribution < -0.4 is 10.6 Å². The van der Waals surface area contributed by atoms with Gasteiger partial charge in [0.1, 0.15) is 0 Å². The lowest BCUT2D eigenvalue weighted by molar-refractivity contribution is 0.185. The lowest BCUT2D eigenvalue weighted by atomic mass is 10.0. The van der Waals surface area contributed by atoms with Crippen molar-refractivity contribution in [2.24, 2.45) is 0 Å². The van der Waals surface area contributed by atoms with Crippen LogP contribution in [-0.2, 0) is 0 Å². The van der Waals surface area contributed by atoms with Crippen LogP contribution in [0.1, 0.15) is 19.8 Å². The molecule has 0 bridgehead atoms. The largest absolute Gasteiger partial charge is 0.465 e. The third-order valence-electron chi connectivity index (χ3n) is 1.99. The van der Waals surface area contributed by atoms with E-state index >= 15 is 0 Å². The third-order valence-corrected chi connectivity index (χ3v) is 1.99. The highest BCUT2D eigenvalue weighted by atomic mass is 16.4. The number of carbonyl (C=O) groups is 1. The molecule has 2 atom stereocenters. The molecule has 0 spiro atoms. The standard InChI is InChI=1S/C7H14N2O2/c1-5-2-3-6(4-8-5)9-7(10)11/h5-6,8-9H,2-4H2,1H3,(H,10,11)/t5-,6+/m0/s1. The highest BCUT2D eigenvalue weighted by Crippen LogP contribution is 2.06. The van der Waals surface area contributed by atoms with Crippen molar-refractivity contribution >= 4 is 6.09 Å². The second-order valence-corrected chi connectivity index (χ2v) is 3.03. The molecule has 1 aliphatic heterocycles. The number of nitrogens with one attached hydrogen (secondary N) is 2. The van der Waals surface area contributed by atoms with E-state index in [1.165, 1.54) is 0 Å². The van der Waals surface area contributed by atoms with Gasteiger partial charge >= 0.3 is 6.09 Å². The van der Waals surface area contributed by atoms with E-state index in [4.69, 9.17) is 5.11 Å². The van der Waals surface area contributed by atoms with Crippen LogP contribution >= 0.6 is 0 Å². The zero-order valence-corrected chi connectivity index (χ0v) is 6.63. The molecule has 0 unspecified atom stereocenters. The molecule has 1 fully saturated rings. The fourth-order valence-electron chi connectivity index (χ4n) is 1.30. The molecule has 11 heavy (non-hydrogen) atoms. The normalized spacial score (nSPS) is 31.4. The summed E-state index contributed by atoms with van der Waals surface area (Å²) in [6.07, 6.45) is 1.07. The Morgan fingerprint density at radius 2 is 2.36 bits per heavy atom. The average Bonchev–Trinajstić information content (AvgIpc) is 1.93. The summed E-state index contributed by atoms with van der Waals surface area (Å²) in [6.45, 7) is 2.87. The molecule has 4 heteroatoms. The minimum absolute atomic E-state index is 0.101. The lowest BCUT2D eigenvalue weighted by Crippen LogP contribution is -2.48. The Balaban J connectivity index is 2.22. The van der Waals surface area contributed by atoms with E-state index in [2.05, 4.69) is 17.6 Å². The molecule has 1 amide bonds. The maximum atomic E-state index is 10.2. The summed E-state index contributed by atoms with van der Waals surface area (Å²) in [5.74, 6) is 0. The van der Waals surface area contributed by atoms with Gasteiger partial charge in [0.15, 0.2) is 0 Å². The van der Waals surface area contributed by atoms with Gasteiger partial charge in [0.05, 0.1) is 0 Å². The molecule has 0 aromatic rings. The van der Waals surface area contributed by atoms with E-state index < -0.39 is 6.09 Å². The van der Waals surface area contributed by atoms with Crippen molar-refractivity contribution in [1.82, 2.24) is 10.6 Å². The first-order valence-electron chi connectivity index (χ1n) is 3.91. The smallest absolute Gasteiger partial charge is 0.404 e. The number of carboxylic acid groups (broad SMARTS) is 1. The van der Waals surface area contributed by atoms with Gasteiger partial charge in [0, 0.05) is 18.6 Å². The highest BCUT2D eigenvalue weighted by molar-refractivity contribution is 5.64. The minimum atomic E-state index is -0.925. The molecular formula is C7H14N2O2. The van der Waals surface area contributed by atoms with Crippen LogP contribution in [0.3, 0.4) is 0 Å². The molecular weight excluding hydrogens is 144 g/mol. The third kappa shape index (κ3) is 2.76. The van der Waals surface area contributed by atoms with Crippen molar-refractivity contribution in [3.05, 3.63) is 0 Å². The monoisotopic (exact) mass is 158 g/mol. The van der Waals surface area contributed by atoms with Crippen molar-refractivity contribution < 1.29 is 9.90 Å². The summed E-state index contributed by atoms with van der Waals surface area (Å²) in [5.41, 5.74) is 0. The Morgan fingerprint density at radius 1 is 1.64 bits per heavy atom. The van der Waals surface area contributed by atoms with Crippen molar-refractivity contribution in [3.8, 4) is 0 Å². The maximum absolute atomic E-state index is 10.2. The van der Waals surface area contributed by atoms with Gasteiger partial charge in [-0.2, -0.15) is 0 Å². The Labute approximate surface area is 66.0 Å². The second-order valence-electron chi connectivity index (χ2n) is 3.03. The van der Waals surface area contributed by atoms with Gasteiger partial charge in [-0.3, -0.25) is 0 Å². The zero-order chi connectivity index (χ0) is 8.27. The van der Waals surface area contributed by atoms with E-state index in [0.29, 0.717) is 6.04 Å². The molecule has 0 aromatic carbocycles. The van der Waals surface area contributed by atoms with E-state index in [0.717, 1.165) is 19.4 Å². The first-order chi connectivity index (χ1) is 5.18. The molecule has 1 heterocycles. The predicted octanol–water partition coefficient (Wildman–Crippen LogP) is 0.394. The van der Waals surface area contributed by atoms with Crippen LogP contribution in [-0.4, -0.2) is 29.8 Å². The van der Waals surface area contributed by atoms with Gasteiger partial charge < -0.3 is 15.7 Å². The van der Waals surface area contributed by atoms with Crippen LogP contribution in [0.25, 0.3) is 0 Å². The van der Waals surface area contributed by atoms with Crippen LogP contribution in [0.15, 0.2) is 0 Å². The first kappa shape index (κ1) is 8.33. The van der Waals surface area contributed by atoms with Crippen molar-refractivity contribution in [3.63, 3.8) is 0 Å². The topological polar surface area (TPSA) is 61.4 Å². The summed E-state index contributed by atoms with van der Waals surface area (Å²) < 4.78 is 0. The Bertz CT molecular complexity index is 141. The Hall–Kier alpha value is -0.770. The fraction of sp³-hybridized carbons (Fsp3) is 0.857. The number of hydrogen-bond donors (Lipinski definition) is 3. The van der Waals surface area contributed by atoms with Crippen LogP contribution in [0.5, 0.6) is 0 Å². The molecule has 0 aliphatic carbocycles. The van der Waals surface area contributed by atoms with Gasteiger partial charge in [0.25, 0.3) is 0 Å². The van der Waals surface area contributed by atoms with E-state index in [9.17, 15) is 4.79 Å². The average molecular weight is 158 g/mol. The van der Waals surface area contributed by atoms with Gasteiger partial charge in [-0.1, -0.05) is 0 Å². The predicted molar refractivity (Wildman–Crippen MR) is 41.6 cm³/mol. The summed E-state index contributed by atoms with van der Waals surface area (Å²) >= 11 is 0. The first-order valence-corrected chi connectivity index (χ1v) is 3.91. The van der Waals surface area contributed by atoms with Gasteiger partial charge in [-0.05, 0) is 19.8 Å². The molecule has 1 rings (SSSR count). The van der Waals surface area contributed by atoms with E-state index in [1.54, 1.807) is 0 Å². The van der Waals surface area contributed by atoms with Crippen molar-refractivity contribution in [2.45, 2.75) is 31.8 Å². The zero-order valence-electron chi connectivity index (χ0n) is 6.63. The van der Waals surface area contributed by atoms with E-state index in [-0.39, 0.29) is 6.04 Å².